The molecule has 94 valence electrons. The first kappa shape index (κ1) is 13.7. The van der Waals surface area contributed by atoms with Gasteiger partial charge in [-0.25, -0.2) is 0 Å². The number of rotatable bonds is 7. The molecule has 0 spiro atoms. The van der Waals surface area contributed by atoms with Gasteiger partial charge in [0.05, 0.1) is 12.5 Å². The summed E-state index contributed by atoms with van der Waals surface area (Å²) in [6, 6.07) is 9.73. The summed E-state index contributed by atoms with van der Waals surface area (Å²) < 4.78 is 10.3. The van der Waals surface area contributed by atoms with E-state index in [-0.39, 0.29) is 11.9 Å². The molecular formula is C14H20O3. The standard InChI is InChI=1S/C14H20O3/c1-3-13(12-8-6-5-7-9-12)14(15)17-11-10-16-4-2/h5-9,13H,3-4,10-11H2,1-2H3/t13-/m0/s1. The van der Waals surface area contributed by atoms with Gasteiger partial charge >= 0.3 is 5.97 Å². The molecule has 0 N–H and O–H groups in total. The SMILES string of the molecule is CCOCCOC(=O)[C@@H](CC)c1ccccc1. The fraction of sp³-hybridized carbons (Fsp3) is 0.500. The quantitative estimate of drug-likeness (QED) is 0.539. The minimum atomic E-state index is -0.169. The lowest BCUT2D eigenvalue weighted by molar-refractivity contribution is -0.147. The molecule has 0 heterocycles. The molecule has 0 amide bonds. The number of carbonyl (C=O) groups excluding carboxylic acids is 1. The van der Waals surface area contributed by atoms with Crippen LogP contribution >= 0.6 is 0 Å². The Kier molecular flexibility index (Phi) is 6.33. The summed E-state index contributed by atoms with van der Waals surface area (Å²) >= 11 is 0. The molecule has 0 saturated carbocycles. The van der Waals surface area contributed by atoms with Crippen molar-refractivity contribution in [3.63, 3.8) is 0 Å². The highest BCUT2D eigenvalue weighted by Gasteiger charge is 2.19. The van der Waals surface area contributed by atoms with Crippen molar-refractivity contribution in [2.24, 2.45) is 0 Å². The molecule has 0 bridgehead atoms. The normalized spacial score (nSPS) is 12.1. The smallest absolute Gasteiger partial charge is 0.313 e. The van der Waals surface area contributed by atoms with Gasteiger partial charge in [-0.1, -0.05) is 37.3 Å². The maximum Gasteiger partial charge on any atom is 0.313 e. The number of carbonyl (C=O) groups is 1. The molecule has 1 aromatic carbocycles. The van der Waals surface area contributed by atoms with Crippen LogP contribution in [-0.2, 0) is 14.3 Å². The second-order valence-electron chi connectivity index (χ2n) is 3.74. The summed E-state index contributed by atoms with van der Waals surface area (Å²) in [5.74, 6) is -0.337. The molecule has 3 nitrogen and oxygen atoms in total. The molecule has 0 aliphatic carbocycles. The topological polar surface area (TPSA) is 35.5 Å². The van der Waals surface area contributed by atoms with Crippen molar-refractivity contribution < 1.29 is 14.3 Å². The van der Waals surface area contributed by atoms with Crippen LogP contribution in [0.25, 0.3) is 0 Å². The highest BCUT2D eigenvalue weighted by Crippen LogP contribution is 2.20. The molecule has 0 aliphatic heterocycles. The fourth-order valence-electron chi connectivity index (χ4n) is 1.67. The largest absolute Gasteiger partial charge is 0.463 e. The summed E-state index contributed by atoms with van der Waals surface area (Å²) in [5.41, 5.74) is 1.01. The summed E-state index contributed by atoms with van der Waals surface area (Å²) in [6.07, 6.45) is 0.748. The van der Waals surface area contributed by atoms with E-state index in [4.69, 9.17) is 9.47 Å². The summed E-state index contributed by atoms with van der Waals surface area (Å²) in [5, 5.41) is 0. The van der Waals surface area contributed by atoms with Gasteiger partial charge in [-0.15, -0.1) is 0 Å². The Bertz CT molecular complexity index is 321. The van der Waals surface area contributed by atoms with E-state index in [2.05, 4.69) is 0 Å². The van der Waals surface area contributed by atoms with Crippen molar-refractivity contribution in [2.45, 2.75) is 26.2 Å². The van der Waals surface area contributed by atoms with Crippen LogP contribution in [0.5, 0.6) is 0 Å². The zero-order valence-corrected chi connectivity index (χ0v) is 10.5. The van der Waals surface area contributed by atoms with E-state index in [1.54, 1.807) is 0 Å². The first-order valence-electron chi connectivity index (χ1n) is 6.08. The van der Waals surface area contributed by atoms with E-state index in [1.165, 1.54) is 0 Å². The van der Waals surface area contributed by atoms with Crippen molar-refractivity contribution in [1.29, 1.82) is 0 Å². The first-order valence-corrected chi connectivity index (χ1v) is 6.08. The lowest BCUT2D eigenvalue weighted by atomic mass is 9.97. The van der Waals surface area contributed by atoms with Crippen molar-refractivity contribution in [3.8, 4) is 0 Å². The molecule has 0 aromatic heterocycles. The van der Waals surface area contributed by atoms with Gasteiger partial charge < -0.3 is 9.47 Å². The van der Waals surface area contributed by atoms with Gasteiger partial charge in [0.1, 0.15) is 6.61 Å². The van der Waals surface area contributed by atoms with Crippen molar-refractivity contribution in [1.82, 2.24) is 0 Å². The lowest BCUT2D eigenvalue weighted by Gasteiger charge is -2.14. The molecule has 0 saturated heterocycles. The molecule has 0 fully saturated rings. The zero-order valence-electron chi connectivity index (χ0n) is 10.5. The van der Waals surface area contributed by atoms with Gasteiger partial charge in [-0.2, -0.15) is 0 Å². The second-order valence-corrected chi connectivity index (χ2v) is 3.74. The lowest BCUT2D eigenvalue weighted by Crippen LogP contribution is -2.18. The van der Waals surface area contributed by atoms with Gasteiger partial charge in [0.2, 0.25) is 0 Å². The molecular weight excluding hydrogens is 216 g/mol. The van der Waals surface area contributed by atoms with Crippen LogP contribution in [-0.4, -0.2) is 25.8 Å². The molecule has 0 unspecified atom stereocenters. The average molecular weight is 236 g/mol. The molecule has 0 radical (unpaired) electrons. The molecule has 1 atom stereocenters. The first-order chi connectivity index (χ1) is 8.29. The van der Waals surface area contributed by atoms with Crippen molar-refractivity contribution >= 4 is 5.97 Å². The molecule has 0 aliphatic rings. The Morgan fingerprint density at radius 2 is 1.88 bits per heavy atom. The van der Waals surface area contributed by atoms with Crippen LogP contribution < -0.4 is 0 Å². The number of benzene rings is 1. The Morgan fingerprint density at radius 3 is 2.47 bits per heavy atom. The number of hydrogen-bond acceptors (Lipinski definition) is 3. The van der Waals surface area contributed by atoms with Crippen LogP contribution in [0.4, 0.5) is 0 Å². The van der Waals surface area contributed by atoms with E-state index >= 15 is 0 Å². The minimum absolute atomic E-state index is 0.168. The average Bonchev–Trinajstić information content (AvgIpc) is 2.37. The highest BCUT2D eigenvalue weighted by atomic mass is 16.6. The number of hydrogen-bond donors (Lipinski definition) is 0. The van der Waals surface area contributed by atoms with E-state index < -0.39 is 0 Å². The Morgan fingerprint density at radius 1 is 1.18 bits per heavy atom. The van der Waals surface area contributed by atoms with Gasteiger partial charge in [-0.3, -0.25) is 4.79 Å². The highest BCUT2D eigenvalue weighted by molar-refractivity contribution is 5.78. The van der Waals surface area contributed by atoms with E-state index in [0.717, 1.165) is 12.0 Å². The maximum absolute atomic E-state index is 11.9. The minimum Gasteiger partial charge on any atom is -0.463 e. The molecule has 1 aromatic rings. The zero-order chi connectivity index (χ0) is 12.5. The fourth-order valence-corrected chi connectivity index (χ4v) is 1.67. The van der Waals surface area contributed by atoms with Gasteiger partial charge in [0, 0.05) is 6.61 Å². The third kappa shape index (κ3) is 4.57. The van der Waals surface area contributed by atoms with Gasteiger partial charge in [0.25, 0.3) is 0 Å². The summed E-state index contributed by atoms with van der Waals surface area (Å²) in [4.78, 5) is 11.9. The van der Waals surface area contributed by atoms with Crippen LogP contribution in [0.1, 0.15) is 31.7 Å². The van der Waals surface area contributed by atoms with Gasteiger partial charge in [0.15, 0.2) is 0 Å². The molecule has 3 heteroatoms. The second kappa shape index (κ2) is 7.85. The number of esters is 1. The van der Waals surface area contributed by atoms with E-state index in [1.807, 2.05) is 44.2 Å². The maximum atomic E-state index is 11.9. The Labute approximate surface area is 103 Å². The number of ether oxygens (including phenoxy) is 2. The molecule has 17 heavy (non-hydrogen) atoms. The monoisotopic (exact) mass is 236 g/mol. The Hall–Kier alpha value is -1.35. The van der Waals surface area contributed by atoms with E-state index in [0.29, 0.717) is 19.8 Å². The van der Waals surface area contributed by atoms with Gasteiger partial charge in [-0.05, 0) is 18.9 Å². The molecule has 1 rings (SSSR count). The third-order valence-electron chi connectivity index (χ3n) is 2.57. The summed E-state index contributed by atoms with van der Waals surface area (Å²) in [7, 11) is 0. The van der Waals surface area contributed by atoms with Crippen molar-refractivity contribution in [3.05, 3.63) is 35.9 Å². The van der Waals surface area contributed by atoms with Crippen molar-refractivity contribution in [2.75, 3.05) is 19.8 Å². The third-order valence-corrected chi connectivity index (χ3v) is 2.57. The van der Waals surface area contributed by atoms with Crippen LogP contribution in [0.15, 0.2) is 30.3 Å². The van der Waals surface area contributed by atoms with E-state index in [9.17, 15) is 4.79 Å². The van der Waals surface area contributed by atoms with Crippen LogP contribution in [0.2, 0.25) is 0 Å². The predicted octanol–water partition coefficient (Wildman–Crippen LogP) is 2.76. The Balaban J connectivity index is 2.48. The van der Waals surface area contributed by atoms with Crippen LogP contribution in [0, 0.1) is 0 Å². The van der Waals surface area contributed by atoms with Crippen LogP contribution in [0.3, 0.4) is 0 Å². The summed E-state index contributed by atoms with van der Waals surface area (Å²) in [6.45, 7) is 5.35. The predicted molar refractivity (Wildman–Crippen MR) is 66.9 cm³/mol.